The molecule has 0 aromatic heterocycles. The van der Waals surface area contributed by atoms with Crippen molar-refractivity contribution in [2.45, 2.75) is 187 Å². The Balaban J connectivity index is 4.28. The van der Waals surface area contributed by atoms with Crippen LogP contribution in [0.1, 0.15) is 174 Å². The van der Waals surface area contributed by atoms with Crippen molar-refractivity contribution < 1.29 is 42.7 Å². The summed E-state index contributed by atoms with van der Waals surface area (Å²) in [6.45, 7) is 3.43. The lowest BCUT2D eigenvalue weighted by molar-refractivity contribution is -0.161. The Labute approximate surface area is 353 Å². The lowest BCUT2D eigenvalue weighted by Crippen LogP contribution is -2.29. The molecular weight excluding hydrogens is 753 g/mol. The Morgan fingerprint density at radius 2 is 1.16 bits per heavy atom. The van der Waals surface area contributed by atoms with Crippen molar-refractivity contribution in [1.29, 1.82) is 0 Å². The van der Waals surface area contributed by atoms with Gasteiger partial charge in [0.2, 0.25) is 0 Å². The van der Waals surface area contributed by atoms with Crippen molar-refractivity contribution in [1.82, 2.24) is 0 Å². The standard InChI is InChI=1S/C47H82NO9P/c1-3-5-7-8-9-10-11-12-13-14-15-18-22-25-28-31-35-39-47(51)57-45(43-56-58(52,53)55-41-40-48)42-54-46(50)38-34-30-27-24-21-19-16-17-20-23-26-29-33-37-44(49)36-32-6-4-2/h6,17,19-21,26-27,29-30,32-33,37,44-45,49H,3-5,7-16,18,22-25,28,31,34-36,38-43,48H2,1-2H3,(H,52,53)/b20-17-,21-19-,29-26+,30-27-,32-6-,37-33+/t44?,45-/m1/s1. The molecule has 0 bridgehead atoms. The second-order valence-corrected chi connectivity index (χ2v) is 16.2. The van der Waals surface area contributed by atoms with Gasteiger partial charge in [0.15, 0.2) is 6.10 Å². The summed E-state index contributed by atoms with van der Waals surface area (Å²) in [6.07, 6.45) is 48.5. The minimum absolute atomic E-state index is 0.0357. The molecule has 0 aliphatic heterocycles. The van der Waals surface area contributed by atoms with Gasteiger partial charge in [-0.2, -0.15) is 0 Å². The van der Waals surface area contributed by atoms with Crippen LogP contribution in [0.15, 0.2) is 72.9 Å². The molecule has 4 N–H and O–H groups in total. The summed E-state index contributed by atoms with van der Waals surface area (Å²) in [7, 11) is -4.40. The number of phosphoric ester groups is 1. The highest BCUT2D eigenvalue weighted by Crippen LogP contribution is 2.43. The van der Waals surface area contributed by atoms with Crippen LogP contribution in [-0.4, -0.2) is 60.5 Å². The Morgan fingerprint density at radius 1 is 0.621 bits per heavy atom. The van der Waals surface area contributed by atoms with Crippen molar-refractivity contribution in [2.75, 3.05) is 26.4 Å². The number of carbonyl (C=O) groups excluding carboxylic acids is 2. The fourth-order valence-corrected chi connectivity index (χ4v) is 6.63. The van der Waals surface area contributed by atoms with Crippen molar-refractivity contribution in [3.63, 3.8) is 0 Å². The number of unbranched alkanes of at least 4 members (excludes halogenated alkanes) is 16. The monoisotopic (exact) mass is 836 g/mol. The van der Waals surface area contributed by atoms with Gasteiger partial charge in [-0.1, -0.05) is 189 Å². The smallest absolute Gasteiger partial charge is 0.462 e. The molecule has 0 aliphatic rings. The van der Waals surface area contributed by atoms with Gasteiger partial charge >= 0.3 is 19.8 Å². The second-order valence-electron chi connectivity index (χ2n) is 14.7. The van der Waals surface area contributed by atoms with E-state index >= 15 is 0 Å². The van der Waals surface area contributed by atoms with Gasteiger partial charge in [0.05, 0.1) is 19.3 Å². The number of hydrogen-bond acceptors (Lipinski definition) is 9. The summed E-state index contributed by atoms with van der Waals surface area (Å²) in [4.78, 5) is 34.9. The molecule has 10 nitrogen and oxygen atoms in total. The SMILES string of the molecule is CC/C=C\CC(O)/C=C/C=C/C/C=C\C/C=C\C/C=C\CCC(=O)OC[C@H](COP(=O)(O)OCCN)OC(=O)CCCCCCCCCCCCCCCCCCC. The summed E-state index contributed by atoms with van der Waals surface area (Å²) >= 11 is 0. The number of aliphatic hydroxyl groups is 1. The zero-order chi connectivity index (χ0) is 42.6. The molecule has 11 heteroatoms. The van der Waals surface area contributed by atoms with E-state index < -0.39 is 38.6 Å². The van der Waals surface area contributed by atoms with Gasteiger partial charge < -0.3 is 25.2 Å². The zero-order valence-electron chi connectivity index (χ0n) is 36.4. The van der Waals surface area contributed by atoms with E-state index in [1.807, 2.05) is 42.5 Å². The lowest BCUT2D eigenvalue weighted by Gasteiger charge is -2.19. The Morgan fingerprint density at radius 3 is 1.71 bits per heavy atom. The predicted molar refractivity (Wildman–Crippen MR) is 239 cm³/mol. The first-order valence-corrected chi connectivity index (χ1v) is 24.0. The maximum Gasteiger partial charge on any atom is 0.472 e. The number of carbonyl (C=O) groups is 2. The molecule has 334 valence electrons. The highest BCUT2D eigenvalue weighted by Gasteiger charge is 2.26. The van der Waals surface area contributed by atoms with E-state index in [0.717, 1.165) is 44.9 Å². The molecule has 0 aromatic rings. The number of allylic oxidation sites excluding steroid dienone is 10. The summed E-state index contributed by atoms with van der Waals surface area (Å²) in [5, 5.41) is 9.83. The largest absolute Gasteiger partial charge is 0.472 e. The quantitative estimate of drug-likeness (QED) is 0.0178. The Bertz CT molecular complexity index is 1200. The van der Waals surface area contributed by atoms with Crippen LogP contribution < -0.4 is 5.73 Å². The van der Waals surface area contributed by atoms with Crippen LogP contribution in [0.4, 0.5) is 0 Å². The van der Waals surface area contributed by atoms with Crippen LogP contribution in [0.25, 0.3) is 0 Å². The predicted octanol–water partition coefficient (Wildman–Crippen LogP) is 12.0. The molecule has 0 radical (unpaired) electrons. The average Bonchev–Trinajstić information content (AvgIpc) is 3.20. The minimum Gasteiger partial charge on any atom is -0.462 e. The van der Waals surface area contributed by atoms with Crippen LogP contribution in [0, 0.1) is 0 Å². The first-order chi connectivity index (χ1) is 28.2. The maximum absolute atomic E-state index is 12.6. The molecule has 3 atom stereocenters. The number of esters is 2. The molecule has 0 amide bonds. The Hall–Kier alpha value is -2.59. The maximum atomic E-state index is 12.6. The molecule has 0 spiro atoms. The van der Waals surface area contributed by atoms with Crippen LogP contribution in [-0.2, 0) is 32.7 Å². The number of hydrogen-bond donors (Lipinski definition) is 3. The third-order valence-corrected chi connectivity index (χ3v) is 10.2. The number of nitrogens with two attached hydrogens (primary N) is 1. The second kappa shape index (κ2) is 42.5. The van der Waals surface area contributed by atoms with E-state index in [1.54, 1.807) is 6.08 Å². The third-order valence-electron chi connectivity index (χ3n) is 9.20. The topological polar surface area (TPSA) is 155 Å². The summed E-state index contributed by atoms with van der Waals surface area (Å²) < 4.78 is 32.7. The number of aliphatic hydroxyl groups excluding tert-OH is 1. The van der Waals surface area contributed by atoms with Gasteiger partial charge in [-0.3, -0.25) is 18.6 Å². The highest BCUT2D eigenvalue weighted by molar-refractivity contribution is 7.47. The van der Waals surface area contributed by atoms with Crippen LogP contribution in [0.3, 0.4) is 0 Å². The van der Waals surface area contributed by atoms with Gasteiger partial charge in [-0.05, 0) is 44.9 Å². The van der Waals surface area contributed by atoms with Crippen molar-refractivity contribution in [2.24, 2.45) is 5.73 Å². The van der Waals surface area contributed by atoms with Crippen LogP contribution >= 0.6 is 7.82 Å². The van der Waals surface area contributed by atoms with E-state index in [9.17, 15) is 24.2 Å². The first kappa shape index (κ1) is 55.4. The number of ether oxygens (including phenoxy) is 2. The van der Waals surface area contributed by atoms with Gasteiger partial charge in [-0.25, -0.2) is 4.57 Å². The molecule has 0 saturated heterocycles. The van der Waals surface area contributed by atoms with E-state index in [-0.39, 0.29) is 32.6 Å². The van der Waals surface area contributed by atoms with Crippen molar-refractivity contribution in [3.05, 3.63) is 72.9 Å². The first-order valence-electron chi connectivity index (χ1n) is 22.5. The van der Waals surface area contributed by atoms with Gasteiger partial charge in [0.25, 0.3) is 0 Å². The molecule has 58 heavy (non-hydrogen) atoms. The molecule has 0 saturated carbocycles. The fraction of sp³-hybridized carbons (Fsp3) is 0.702. The minimum atomic E-state index is -4.40. The highest BCUT2D eigenvalue weighted by atomic mass is 31.2. The molecule has 0 rings (SSSR count). The zero-order valence-corrected chi connectivity index (χ0v) is 37.3. The summed E-state index contributed by atoms with van der Waals surface area (Å²) in [5.41, 5.74) is 5.34. The summed E-state index contributed by atoms with van der Waals surface area (Å²) in [5.74, 6) is -0.948. The van der Waals surface area contributed by atoms with Gasteiger partial charge in [0.1, 0.15) is 6.61 Å². The van der Waals surface area contributed by atoms with Crippen molar-refractivity contribution in [3.8, 4) is 0 Å². The summed E-state index contributed by atoms with van der Waals surface area (Å²) in [6, 6.07) is 0. The molecule has 0 aromatic carbocycles. The van der Waals surface area contributed by atoms with E-state index in [1.165, 1.54) is 83.5 Å². The molecular formula is C47H82NO9P. The number of phosphoric acid groups is 1. The lowest BCUT2D eigenvalue weighted by atomic mass is 10.0. The van der Waals surface area contributed by atoms with E-state index in [0.29, 0.717) is 19.3 Å². The van der Waals surface area contributed by atoms with E-state index in [4.69, 9.17) is 24.3 Å². The van der Waals surface area contributed by atoms with E-state index in [2.05, 4.69) is 38.2 Å². The van der Waals surface area contributed by atoms with Crippen LogP contribution in [0.5, 0.6) is 0 Å². The molecule has 0 heterocycles. The Kier molecular flexibility index (Phi) is 40.6. The molecule has 0 aliphatic carbocycles. The third kappa shape index (κ3) is 41.6. The average molecular weight is 836 g/mol. The number of rotatable bonds is 41. The molecule has 2 unspecified atom stereocenters. The van der Waals surface area contributed by atoms with Gasteiger partial charge in [0, 0.05) is 19.4 Å². The fourth-order valence-electron chi connectivity index (χ4n) is 5.86. The molecule has 0 fully saturated rings. The normalized spacial score (nSPS) is 14.5. The van der Waals surface area contributed by atoms with Crippen LogP contribution in [0.2, 0.25) is 0 Å². The van der Waals surface area contributed by atoms with Gasteiger partial charge in [-0.15, -0.1) is 0 Å². The van der Waals surface area contributed by atoms with Crippen molar-refractivity contribution >= 4 is 19.8 Å².